The first kappa shape index (κ1) is 17.6. The van der Waals surface area contributed by atoms with Crippen LogP contribution in [-0.4, -0.2) is 25.5 Å². The third kappa shape index (κ3) is 4.25. The summed E-state index contributed by atoms with van der Waals surface area (Å²) in [4.78, 5) is 23.9. The van der Waals surface area contributed by atoms with Crippen molar-refractivity contribution in [1.82, 2.24) is 10.9 Å². The van der Waals surface area contributed by atoms with Crippen LogP contribution in [0.25, 0.3) is 11.0 Å². The summed E-state index contributed by atoms with van der Waals surface area (Å²) >= 11 is 5.90. The van der Waals surface area contributed by atoms with Gasteiger partial charge in [0.25, 0.3) is 5.91 Å². The number of hydrazine groups is 1. The van der Waals surface area contributed by atoms with Gasteiger partial charge in [0.2, 0.25) is 0 Å². The van der Waals surface area contributed by atoms with Gasteiger partial charge in [-0.3, -0.25) is 20.4 Å². The van der Waals surface area contributed by atoms with Gasteiger partial charge in [-0.25, -0.2) is 0 Å². The fraction of sp³-hybridized carbons (Fsp3) is 0.111. The number of fused-ring (bicyclic) bond motifs is 1. The number of carbonyl (C=O) groups excluding carboxylic acids is 2. The van der Waals surface area contributed by atoms with Crippen molar-refractivity contribution in [3.63, 3.8) is 0 Å². The third-order valence-electron chi connectivity index (χ3n) is 3.56. The molecule has 8 heteroatoms. The van der Waals surface area contributed by atoms with Crippen LogP contribution in [-0.2, 0) is 4.79 Å². The van der Waals surface area contributed by atoms with E-state index in [9.17, 15) is 9.59 Å². The molecule has 0 fully saturated rings. The number of amides is 2. The van der Waals surface area contributed by atoms with Gasteiger partial charge in [-0.15, -0.1) is 0 Å². The molecule has 1 aromatic heterocycles. The lowest BCUT2D eigenvalue weighted by Crippen LogP contribution is -2.44. The molecule has 0 unspecified atom stereocenters. The summed E-state index contributed by atoms with van der Waals surface area (Å²) < 4.78 is 10.5. The normalized spacial score (nSPS) is 10.4. The van der Waals surface area contributed by atoms with E-state index in [0.717, 1.165) is 11.4 Å². The fourth-order valence-corrected chi connectivity index (χ4v) is 2.43. The Morgan fingerprint density at radius 2 is 1.85 bits per heavy atom. The van der Waals surface area contributed by atoms with Crippen LogP contribution < -0.4 is 20.9 Å². The van der Waals surface area contributed by atoms with Crippen molar-refractivity contribution >= 4 is 40.1 Å². The first-order valence-corrected chi connectivity index (χ1v) is 8.09. The van der Waals surface area contributed by atoms with E-state index >= 15 is 0 Å². The average Bonchev–Trinajstić information content (AvgIpc) is 3.08. The molecule has 0 aliphatic rings. The minimum atomic E-state index is -0.560. The second-order valence-corrected chi connectivity index (χ2v) is 5.81. The number of methoxy groups -OCH3 is 1. The Labute approximate surface area is 154 Å². The average molecular weight is 374 g/mol. The van der Waals surface area contributed by atoms with Gasteiger partial charge in [0.15, 0.2) is 5.76 Å². The summed E-state index contributed by atoms with van der Waals surface area (Å²) in [6.45, 7) is -0.0116. The second-order valence-electron chi connectivity index (χ2n) is 5.38. The van der Waals surface area contributed by atoms with Crippen LogP contribution in [0, 0.1) is 0 Å². The molecule has 7 nitrogen and oxygen atoms in total. The van der Waals surface area contributed by atoms with E-state index in [0.29, 0.717) is 16.0 Å². The second kappa shape index (κ2) is 7.79. The van der Waals surface area contributed by atoms with Crippen molar-refractivity contribution in [3.05, 3.63) is 59.3 Å². The van der Waals surface area contributed by atoms with Crippen LogP contribution >= 0.6 is 11.6 Å². The zero-order valence-electron chi connectivity index (χ0n) is 13.8. The predicted octanol–water partition coefficient (Wildman–Crippen LogP) is 2.97. The van der Waals surface area contributed by atoms with Crippen LogP contribution in [0.1, 0.15) is 10.6 Å². The smallest absolute Gasteiger partial charge is 0.305 e. The van der Waals surface area contributed by atoms with E-state index in [1.807, 2.05) is 0 Å². The monoisotopic (exact) mass is 373 g/mol. The maximum Gasteiger partial charge on any atom is 0.305 e. The van der Waals surface area contributed by atoms with E-state index in [-0.39, 0.29) is 12.3 Å². The molecule has 0 radical (unpaired) electrons. The van der Waals surface area contributed by atoms with Gasteiger partial charge in [0.05, 0.1) is 13.7 Å². The summed E-state index contributed by atoms with van der Waals surface area (Å²) in [5.74, 6) is -0.173. The maximum atomic E-state index is 12.1. The van der Waals surface area contributed by atoms with Crippen LogP contribution in [0.4, 0.5) is 5.69 Å². The number of benzene rings is 2. The number of furan rings is 1. The molecular weight excluding hydrogens is 358 g/mol. The number of halogens is 1. The highest BCUT2D eigenvalue weighted by Crippen LogP contribution is 2.22. The van der Waals surface area contributed by atoms with Gasteiger partial charge < -0.3 is 14.5 Å². The molecule has 2 aromatic carbocycles. The molecule has 0 aliphatic carbocycles. The van der Waals surface area contributed by atoms with E-state index in [4.69, 9.17) is 20.8 Å². The zero-order valence-corrected chi connectivity index (χ0v) is 14.6. The molecule has 0 saturated carbocycles. The number of anilines is 1. The Bertz CT molecular complexity index is 937. The number of ether oxygens (including phenoxy) is 1. The quantitative estimate of drug-likeness (QED) is 0.598. The van der Waals surface area contributed by atoms with Crippen molar-refractivity contribution in [1.29, 1.82) is 0 Å². The van der Waals surface area contributed by atoms with E-state index in [2.05, 4.69) is 16.2 Å². The van der Waals surface area contributed by atoms with E-state index in [1.165, 1.54) is 0 Å². The highest BCUT2D eigenvalue weighted by molar-refractivity contribution is 6.31. The van der Waals surface area contributed by atoms with Gasteiger partial charge in [-0.1, -0.05) is 11.6 Å². The molecule has 134 valence electrons. The lowest BCUT2D eigenvalue weighted by atomic mass is 10.2. The number of hydrogen-bond donors (Lipinski definition) is 3. The Kier molecular flexibility index (Phi) is 5.28. The first-order chi connectivity index (χ1) is 12.5. The molecule has 3 N–H and O–H groups in total. The highest BCUT2D eigenvalue weighted by Gasteiger charge is 2.13. The predicted molar refractivity (Wildman–Crippen MR) is 98.3 cm³/mol. The molecule has 0 bridgehead atoms. The fourth-order valence-electron chi connectivity index (χ4n) is 2.25. The maximum absolute atomic E-state index is 12.1. The minimum Gasteiger partial charge on any atom is -0.497 e. The van der Waals surface area contributed by atoms with Crippen molar-refractivity contribution in [2.45, 2.75) is 0 Å². The summed E-state index contributed by atoms with van der Waals surface area (Å²) in [6, 6.07) is 13.7. The molecule has 3 rings (SSSR count). The molecule has 26 heavy (non-hydrogen) atoms. The number of nitrogens with one attached hydrogen (secondary N) is 3. The molecule has 0 atom stereocenters. The van der Waals surface area contributed by atoms with Crippen molar-refractivity contribution in [2.75, 3.05) is 19.0 Å². The SMILES string of the molecule is COc1ccc(NCC(=O)NNC(=O)c2cc3cc(Cl)ccc3o2)cc1. The molecule has 3 aromatic rings. The summed E-state index contributed by atoms with van der Waals surface area (Å²) in [6.07, 6.45) is 0. The van der Waals surface area contributed by atoms with Crippen LogP contribution in [0.5, 0.6) is 5.75 Å². The highest BCUT2D eigenvalue weighted by atomic mass is 35.5. The largest absolute Gasteiger partial charge is 0.497 e. The van der Waals surface area contributed by atoms with Crippen molar-refractivity contribution in [3.8, 4) is 5.75 Å². The topological polar surface area (TPSA) is 92.6 Å². The van der Waals surface area contributed by atoms with Gasteiger partial charge >= 0.3 is 5.91 Å². The first-order valence-electron chi connectivity index (χ1n) is 7.71. The lowest BCUT2D eigenvalue weighted by molar-refractivity contribution is -0.120. The summed E-state index contributed by atoms with van der Waals surface area (Å²) in [5, 5.41) is 4.18. The molecular formula is C18H16ClN3O4. The van der Waals surface area contributed by atoms with Crippen molar-refractivity contribution < 1.29 is 18.7 Å². The molecule has 1 heterocycles. The van der Waals surface area contributed by atoms with Gasteiger partial charge in [0.1, 0.15) is 11.3 Å². The Balaban J connectivity index is 1.50. The minimum absolute atomic E-state index is 0.0116. The van der Waals surface area contributed by atoms with Crippen molar-refractivity contribution in [2.24, 2.45) is 0 Å². The zero-order chi connectivity index (χ0) is 18.5. The number of hydrogen-bond acceptors (Lipinski definition) is 5. The molecule has 0 aliphatic heterocycles. The summed E-state index contributed by atoms with van der Waals surface area (Å²) in [7, 11) is 1.58. The van der Waals surface area contributed by atoms with E-state index in [1.54, 1.807) is 55.6 Å². The number of carbonyl (C=O) groups is 2. The van der Waals surface area contributed by atoms with Crippen LogP contribution in [0.15, 0.2) is 52.9 Å². The van der Waals surface area contributed by atoms with Gasteiger partial charge in [0, 0.05) is 16.1 Å². The van der Waals surface area contributed by atoms with Gasteiger partial charge in [-0.2, -0.15) is 0 Å². The lowest BCUT2D eigenvalue weighted by Gasteiger charge is -2.08. The molecule has 0 spiro atoms. The standard InChI is InChI=1S/C18H16ClN3O4/c1-25-14-5-3-13(4-6-14)20-10-17(23)21-22-18(24)16-9-11-8-12(19)2-7-15(11)26-16/h2-9,20H,10H2,1H3,(H,21,23)(H,22,24). The van der Waals surface area contributed by atoms with Gasteiger partial charge in [-0.05, 0) is 48.5 Å². The summed E-state index contributed by atoms with van der Waals surface area (Å²) in [5.41, 5.74) is 5.91. The molecule has 0 saturated heterocycles. The van der Waals surface area contributed by atoms with E-state index < -0.39 is 11.8 Å². The Hall–Kier alpha value is -3.19. The molecule has 2 amide bonds. The Morgan fingerprint density at radius 3 is 2.58 bits per heavy atom. The third-order valence-corrected chi connectivity index (χ3v) is 3.80. The number of rotatable bonds is 5. The van der Waals surface area contributed by atoms with Crippen LogP contribution in [0.2, 0.25) is 5.02 Å². The van der Waals surface area contributed by atoms with Crippen LogP contribution in [0.3, 0.4) is 0 Å². The Morgan fingerprint density at radius 1 is 1.08 bits per heavy atom.